The van der Waals surface area contributed by atoms with Crippen LogP contribution in [-0.2, 0) is 14.4 Å². The molecule has 4 heteroatoms. The van der Waals surface area contributed by atoms with Crippen LogP contribution in [0.25, 0.3) is 0 Å². The Hall–Kier alpha value is -1.76. The molecule has 4 nitrogen and oxygen atoms in total. The predicted octanol–water partition coefficient (Wildman–Crippen LogP) is 3.02. The zero-order valence-electron chi connectivity index (χ0n) is 14.3. The van der Waals surface area contributed by atoms with Crippen LogP contribution in [0, 0.1) is 45.8 Å². The lowest BCUT2D eigenvalue weighted by Gasteiger charge is -2.57. The molecule has 0 aromatic carbocycles. The molecule has 4 rings (SSSR count). The van der Waals surface area contributed by atoms with Crippen LogP contribution in [0.1, 0.15) is 52.4 Å². The lowest BCUT2D eigenvalue weighted by molar-refractivity contribution is -0.148. The number of rotatable bonds is 0. The summed E-state index contributed by atoms with van der Waals surface area (Å²) >= 11 is 0. The summed E-state index contributed by atoms with van der Waals surface area (Å²) in [6.45, 7) is 4.19. The second-order valence-electron chi connectivity index (χ2n) is 8.65. The minimum absolute atomic E-state index is 0.0234. The maximum absolute atomic E-state index is 12.6. The third kappa shape index (κ3) is 1.76. The van der Waals surface area contributed by atoms with Crippen molar-refractivity contribution in [2.24, 2.45) is 34.5 Å². The van der Waals surface area contributed by atoms with Crippen molar-refractivity contribution in [3.05, 3.63) is 11.6 Å². The summed E-state index contributed by atoms with van der Waals surface area (Å²) in [4.78, 5) is 37.1. The Morgan fingerprint density at radius 1 is 1.08 bits per heavy atom. The Kier molecular flexibility index (Phi) is 3.20. The van der Waals surface area contributed by atoms with Crippen LogP contribution < -0.4 is 0 Å². The van der Waals surface area contributed by atoms with E-state index in [1.807, 2.05) is 6.07 Å². The number of allylic oxidation sites excluding steroid dienone is 2. The minimum atomic E-state index is -0.602. The lowest BCUT2D eigenvalue weighted by atomic mass is 9.46. The molecule has 24 heavy (non-hydrogen) atoms. The number of nitrogens with zero attached hydrogens (tertiary/aromatic N) is 1. The molecule has 0 aromatic rings. The second-order valence-corrected chi connectivity index (χ2v) is 8.65. The van der Waals surface area contributed by atoms with Crippen LogP contribution in [0.4, 0.5) is 0 Å². The fourth-order valence-corrected chi connectivity index (χ4v) is 6.53. The highest BCUT2D eigenvalue weighted by molar-refractivity contribution is 6.46. The molecule has 4 aliphatic carbocycles. The monoisotopic (exact) mass is 325 g/mol. The summed E-state index contributed by atoms with van der Waals surface area (Å²) in [5, 5.41) is 9.27. The Balaban J connectivity index is 1.77. The molecule has 3 saturated carbocycles. The van der Waals surface area contributed by atoms with Gasteiger partial charge in [0.1, 0.15) is 11.9 Å². The third-order valence-corrected chi connectivity index (χ3v) is 7.85. The van der Waals surface area contributed by atoms with E-state index in [1.54, 1.807) is 6.08 Å². The number of nitriles is 1. The summed E-state index contributed by atoms with van der Waals surface area (Å²) in [6.07, 6.45) is 6.86. The molecule has 0 heterocycles. The Labute approximate surface area is 142 Å². The highest BCUT2D eigenvalue weighted by Crippen LogP contribution is 2.64. The largest absolute Gasteiger partial charge is 0.299 e. The van der Waals surface area contributed by atoms with Gasteiger partial charge < -0.3 is 0 Å². The van der Waals surface area contributed by atoms with E-state index < -0.39 is 11.2 Å². The van der Waals surface area contributed by atoms with Crippen LogP contribution in [-0.4, -0.2) is 17.3 Å². The van der Waals surface area contributed by atoms with E-state index in [9.17, 15) is 19.6 Å². The molecule has 3 fully saturated rings. The summed E-state index contributed by atoms with van der Waals surface area (Å²) in [6, 6.07) is 1.94. The molecule has 0 saturated heterocycles. The molecule has 0 bridgehead atoms. The summed E-state index contributed by atoms with van der Waals surface area (Å²) < 4.78 is 0. The molecule has 0 aliphatic heterocycles. The van der Waals surface area contributed by atoms with Crippen molar-refractivity contribution in [3.63, 3.8) is 0 Å². The molecule has 0 radical (unpaired) electrons. The maximum Gasteiger partial charge on any atom is 0.239 e. The van der Waals surface area contributed by atoms with Gasteiger partial charge in [-0.25, -0.2) is 0 Å². The van der Waals surface area contributed by atoms with E-state index >= 15 is 0 Å². The number of fused-ring (bicyclic) bond motifs is 5. The number of carbonyl (C=O) groups is 3. The first-order chi connectivity index (χ1) is 11.3. The van der Waals surface area contributed by atoms with Crippen LogP contribution in [0.3, 0.4) is 0 Å². The van der Waals surface area contributed by atoms with Crippen LogP contribution in [0.5, 0.6) is 0 Å². The van der Waals surface area contributed by atoms with Crippen molar-refractivity contribution >= 4 is 17.3 Å². The van der Waals surface area contributed by atoms with E-state index in [0.717, 1.165) is 25.7 Å². The SMILES string of the molecule is C[C@]12C=C(C#N)C(=O)C(=O)C1CC[C@@H]1[C@@H]2CC[C@]2(C)C(=O)CC[C@@H]12. The molecule has 6 atom stereocenters. The standard InChI is InChI=1S/C20H23NO3/c1-19-8-7-14-12(13(19)5-6-16(19)22)3-4-15-18(24)17(23)11(10-21)9-20(14,15)2/h9,12-15H,3-8H2,1-2H3/t12-,13-,14-,15?,19-,20+/m0/s1. The van der Waals surface area contributed by atoms with Gasteiger partial charge in [-0.05, 0) is 49.9 Å². The van der Waals surface area contributed by atoms with Gasteiger partial charge in [0.25, 0.3) is 0 Å². The van der Waals surface area contributed by atoms with E-state index in [0.29, 0.717) is 36.4 Å². The molecule has 0 N–H and O–H groups in total. The van der Waals surface area contributed by atoms with Crippen molar-refractivity contribution in [3.8, 4) is 6.07 Å². The van der Waals surface area contributed by atoms with E-state index in [4.69, 9.17) is 0 Å². The van der Waals surface area contributed by atoms with Crippen LogP contribution >= 0.6 is 0 Å². The average Bonchev–Trinajstić information content (AvgIpc) is 2.86. The minimum Gasteiger partial charge on any atom is -0.299 e. The summed E-state index contributed by atoms with van der Waals surface area (Å²) in [5.41, 5.74) is -0.581. The molecule has 1 unspecified atom stereocenters. The topological polar surface area (TPSA) is 75.0 Å². The van der Waals surface area contributed by atoms with Gasteiger partial charge in [0.2, 0.25) is 11.6 Å². The predicted molar refractivity (Wildman–Crippen MR) is 86.6 cm³/mol. The van der Waals surface area contributed by atoms with Crippen molar-refractivity contribution in [1.82, 2.24) is 0 Å². The molecule has 0 aromatic heterocycles. The van der Waals surface area contributed by atoms with Crippen LogP contribution in [0.2, 0.25) is 0 Å². The number of carbonyl (C=O) groups excluding carboxylic acids is 3. The Morgan fingerprint density at radius 3 is 2.54 bits per heavy atom. The first-order valence-electron chi connectivity index (χ1n) is 9.07. The highest BCUT2D eigenvalue weighted by atomic mass is 16.2. The molecular formula is C20H23NO3. The molecule has 0 amide bonds. The van der Waals surface area contributed by atoms with Gasteiger partial charge in [0.05, 0.1) is 5.57 Å². The second kappa shape index (κ2) is 4.88. The maximum atomic E-state index is 12.6. The molecule has 0 spiro atoms. The van der Waals surface area contributed by atoms with Crippen molar-refractivity contribution in [2.75, 3.05) is 0 Å². The number of hydrogen-bond donors (Lipinski definition) is 0. The van der Waals surface area contributed by atoms with Crippen LogP contribution in [0.15, 0.2) is 11.6 Å². The smallest absolute Gasteiger partial charge is 0.239 e. The van der Waals surface area contributed by atoms with Gasteiger partial charge in [-0.15, -0.1) is 0 Å². The third-order valence-electron chi connectivity index (χ3n) is 7.85. The lowest BCUT2D eigenvalue weighted by Crippen LogP contribution is -2.55. The highest BCUT2D eigenvalue weighted by Gasteiger charge is 2.61. The first-order valence-corrected chi connectivity index (χ1v) is 9.07. The van der Waals surface area contributed by atoms with Gasteiger partial charge in [-0.3, -0.25) is 14.4 Å². The molecular weight excluding hydrogens is 302 g/mol. The Bertz CT molecular complexity index is 730. The van der Waals surface area contributed by atoms with Gasteiger partial charge in [-0.1, -0.05) is 19.9 Å². The number of ketones is 3. The molecule has 126 valence electrons. The van der Waals surface area contributed by atoms with Gasteiger partial charge in [0.15, 0.2) is 0 Å². The van der Waals surface area contributed by atoms with Crippen molar-refractivity contribution < 1.29 is 14.4 Å². The Morgan fingerprint density at radius 2 is 1.83 bits per heavy atom. The number of hydrogen-bond acceptors (Lipinski definition) is 4. The van der Waals surface area contributed by atoms with Gasteiger partial charge in [-0.2, -0.15) is 5.26 Å². The average molecular weight is 325 g/mol. The summed E-state index contributed by atoms with van der Waals surface area (Å²) in [5.74, 6) is 0.259. The number of Topliss-reactive ketones (excluding diaryl/α,β-unsaturated/α-hetero) is 3. The van der Waals surface area contributed by atoms with Gasteiger partial charge in [0, 0.05) is 23.2 Å². The normalized spacial score (nSPS) is 47.4. The van der Waals surface area contributed by atoms with E-state index in [2.05, 4.69) is 13.8 Å². The fraction of sp³-hybridized carbons (Fsp3) is 0.700. The van der Waals surface area contributed by atoms with Gasteiger partial charge >= 0.3 is 0 Å². The zero-order valence-corrected chi connectivity index (χ0v) is 14.3. The van der Waals surface area contributed by atoms with Crippen molar-refractivity contribution in [2.45, 2.75) is 52.4 Å². The van der Waals surface area contributed by atoms with E-state index in [-0.39, 0.29) is 22.7 Å². The fourth-order valence-electron chi connectivity index (χ4n) is 6.53. The summed E-state index contributed by atoms with van der Waals surface area (Å²) in [7, 11) is 0. The van der Waals surface area contributed by atoms with Crippen molar-refractivity contribution in [1.29, 1.82) is 5.26 Å². The zero-order chi connectivity index (χ0) is 17.3. The quantitative estimate of drug-likeness (QED) is 0.642. The first kappa shape index (κ1) is 15.7. The molecule has 4 aliphatic rings. The van der Waals surface area contributed by atoms with E-state index in [1.165, 1.54) is 0 Å².